The molecule has 0 saturated heterocycles. The molecule has 0 N–H and O–H groups in total. The van der Waals surface area contributed by atoms with Crippen molar-refractivity contribution in [2.45, 2.75) is 0 Å². The van der Waals surface area contributed by atoms with E-state index in [9.17, 15) is 14.4 Å². The summed E-state index contributed by atoms with van der Waals surface area (Å²) in [5.74, 6) is -1.18. The molecule has 3 amide bonds. The number of para-hydroxylation sites is 1. The molecule has 0 aliphatic carbocycles. The van der Waals surface area contributed by atoms with Gasteiger partial charge in [-0.3, -0.25) is 14.4 Å². The largest absolute Gasteiger partial charge is 0.332 e. The molecule has 0 bridgehead atoms. The van der Waals surface area contributed by atoms with Gasteiger partial charge >= 0.3 is 0 Å². The summed E-state index contributed by atoms with van der Waals surface area (Å²) in [5, 5.41) is 0. The molecule has 5 nitrogen and oxygen atoms in total. The third-order valence-electron chi connectivity index (χ3n) is 3.78. The first-order valence-corrected chi connectivity index (χ1v) is 7.52. The summed E-state index contributed by atoms with van der Waals surface area (Å²) in [6, 6.07) is 16.0. The molecule has 2 aromatic carbocycles. The average Bonchev–Trinajstić information content (AvgIpc) is 2.69. The highest BCUT2D eigenvalue weighted by Gasteiger charge is 2.32. The van der Waals surface area contributed by atoms with Crippen LogP contribution in [0.5, 0.6) is 0 Å². The van der Waals surface area contributed by atoms with E-state index < -0.39 is 11.8 Å². The van der Waals surface area contributed by atoms with E-state index in [2.05, 4.69) is 0 Å². The highest BCUT2D eigenvalue weighted by molar-refractivity contribution is 6.24. The van der Waals surface area contributed by atoms with Crippen LogP contribution in [0.3, 0.4) is 0 Å². The second kappa shape index (κ2) is 6.50. The van der Waals surface area contributed by atoms with Gasteiger partial charge in [-0.05, 0) is 23.8 Å². The maximum absolute atomic E-state index is 12.6. The van der Waals surface area contributed by atoms with Crippen LogP contribution in [0, 0.1) is 0 Å². The van der Waals surface area contributed by atoms with Crippen molar-refractivity contribution in [2.75, 3.05) is 18.5 Å². The number of likely N-dealkylation sites (N-methyl/N-ethyl adjacent to an activating group) is 1. The Balaban J connectivity index is 1.98. The number of fused-ring (bicyclic) bond motifs is 1. The number of carbonyl (C=O) groups is 3. The maximum atomic E-state index is 12.6. The first kappa shape index (κ1) is 15.7. The summed E-state index contributed by atoms with van der Waals surface area (Å²) >= 11 is 0. The predicted molar refractivity (Wildman–Crippen MR) is 91.4 cm³/mol. The van der Waals surface area contributed by atoms with Gasteiger partial charge in [0.25, 0.3) is 17.7 Å². The van der Waals surface area contributed by atoms with Crippen LogP contribution in [-0.4, -0.2) is 36.2 Å². The molecule has 0 spiro atoms. The summed E-state index contributed by atoms with van der Waals surface area (Å²) in [6.07, 6.45) is 2.99. The number of carbonyl (C=O) groups excluding carboxylic acids is 3. The molecule has 0 radical (unpaired) electrons. The van der Waals surface area contributed by atoms with E-state index >= 15 is 0 Å². The molecule has 0 saturated carbocycles. The predicted octanol–water partition coefficient (Wildman–Crippen LogP) is 2.35. The topological polar surface area (TPSA) is 57.7 Å². The lowest BCUT2D eigenvalue weighted by atomic mass is 10.1. The van der Waals surface area contributed by atoms with E-state index in [1.807, 2.05) is 30.3 Å². The number of nitrogens with zero attached hydrogens (tertiary/aromatic N) is 2. The fourth-order valence-electron chi connectivity index (χ4n) is 2.58. The van der Waals surface area contributed by atoms with Crippen molar-refractivity contribution < 1.29 is 14.4 Å². The average molecular weight is 320 g/mol. The third kappa shape index (κ3) is 2.96. The Hall–Kier alpha value is -3.21. The first-order chi connectivity index (χ1) is 11.6. The van der Waals surface area contributed by atoms with Crippen molar-refractivity contribution in [2.24, 2.45) is 0 Å². The van der Waals surface area contributed by atoms with Crippen LogP contribution < -0.4 is 4.90 Å². The van der Waals surface area contributed by atoms with Crippen molar-refractivity contribution in [1.29, 1.82) is 0 Å². The van der Waals surface area contributed by atoms with Crippen LogP contribution in [-0.2, 0) is 9.59 Å². The number of anilines is 1. The zero-order valence-corrected chi connectivity index (χ0v) is 13.2. The fraction of sp³-hybridized carbons (Fsp3) is 0.105. The smallest absolute Gasteiger partial charge is 0.257 e. The minimum Gasteiger partial charge on any atom is -0.332 e. The summed E-state index contributed by atoms with van der Waals surface area (Å²) in [4.78, 5) is 39.8. The Morgan fingerprint density at radius 1 is 1.00 bits per heavy atom. The zero-order valence-electron chi connectivity index (χ0n) is 13.2. The summed E-state index contributed by atoms with van der Waals surface area (Å²) in [5.41, 5.74) is 1.52. The molecular weight excluding hydrogens is 304 g/mol. The lowest BCUT2D eigenvalue weighted by Crippen LogP contribution is -2.40. The van der Waals surface area contributed by atoms with E-state index in [-0.39, 0.29) is 12.5 Å². The van der Waals surface area contributed by atoms with Gasteiger partial charge in [-0.25, -0.2) is 4.90 Å². The summed E-state index contributed by atoms with van der Waals surface area (Å²) in [7, 11) is 1.55. The Kier molecular flexibility index (Phi) is 4.24. The Bertz CT molecular complexity index is 828. The molecule has 0 aromatic heterocycles. The Morgan fingerprint density at radius 2 is 1.67 bits per heavy atom. The van der Waals surface area contributed by atoms with Gasteiger partial charge in [-0.1, -0.05) is 42.5 Å². The second-order valence-corrected chi connectivity index (χ2v) is 5.49. The van der Waals surface area contributed by atoms with Crippen LogP contribution in [0.4, 0.5) is 5.69 Å². The number of amides is 3. The fourth-order valence-corrected chi connectivity index (χ4v) is 2.58. The van der Waals surface area contributed by atoms with Crippen molar-refractivity contribution in [3.63, 3.8) is 0 Å². The maximum Gasteiger partial charge on any atom is 0.257 e. The molecule has 1 aliphatic heterocycles. The monoisotopic (exact) mass is 320 g/mol. The SMILES string of the molecule is CN1CC(=O)N(C(=O)/C=C/c2ccccc2)c2ccccc2C1=O. The molecule has 24 heavy (non-hydrogen) atoms. The van der Waals surface area contributed by atoms with Crippen LogP contribution in [0.2, 0.25) is 0 Å². The standard InChI is InChI=1S/C19H16N2O3/c1-20-13-18(23)21(16-10-6-5-9-15(16)19(20)24)17(22)12-11-14-7-3-2-4-8-14/h2-12H,13H2,1H3/b12-11+. The highest BCUT2D eigenvalue weighted by atomic mass is 16.2. The van der Waals surface area contributed by atoms with Gasteiger partial charge in [0.1, 0.15) is 6.54 Å². The molecule has 0 fully saturated rings. The minimum atomic E-state index is -0.473. The lowest BCUT2D eigenvalue weighted by Gasteiger charge is -2.18. The van der Waals surface area contributed by atoms with Crippen molar-refractivity contribution in [3.05, 3.63) is 71.8 Å². The van der Waals surface area contributed by atoms with Crippen molar-refractivity contribution in [3.8, 4) is 0 Å². The van der Waals surface area contributed by atoms with Gasteiger partial charge in [-0.15, -0.1) is 0 Å². The van der Waals surface area contributed by atoms with Gasteiger partial charge in [0.2, 0.25) is 0 Å². The van der Waals surface area contributed by atoms with Crippen molar-refractivity contribution >= 4 is 29.5 Å². The van der Waals surface area contributed by atoms with Gasteiger partial charge in [0, 0.05) is 13.1 Å². The number of imide groups is 1. The quantitative estimate of drug-likeness (QED) is 0.798. The molecule has 0 unspecified atom stereocenters. The number of benzene rings is 2. The van der Waals surface area contributed by atoms with Gasteiger partial charge in [-0.2, -0.15) is 0 Å². The number of hydrogen-bond donors (Lipinski definition) is 0. The molecule has 1 heterocycles. The van der Waals surface area contributed by atoms with Crippen LogP contribution >= 0.6 is 0 Å². The highest BCUT2D eigenvalue weighted by Crippen LogP contribution is 2.25. The van der Waals surface area contributed by atoms with E-state index in [0.717, 1.165) is 10.5 Å². The molecule has 120 valence electrons. The van der Waals surface area contributed by atoms with Gasteiger partial charge in [0.15, 0.2) is 0 Å². The Morgan fingerprint density at radius 3 is 2.42 bits per heavy atom. The van der Waals surface area contributed by atoms with Crippen LogP contribution in [0.15, 0.2) is 60.7 Å². The number of hydrogen-bond acceptors (Lipinski definition) is 3. The second-order valence-electron chi connectivity index (χ2n) is 5.49. The molecular formula is C19H16N2O3. The normalized spacial score (nSPS) is 14.7. The third-order valence-corrected chi connectivity index (χ3v) is 3.78. The van der Waals surface area contributed by atoms with E-state index in [0.29, 0.717) is 11.3 Å². The summed E-state index contributed by atoms with van der Waals surface area (Å²) in [6.45, 7) is -0.140. The zero-order chi connectivity index (χ0) is 17.1. The first-order valence-electron chi connectivity index (χ1n) is 7.52. The molecule has 3 rings (SSSR count). The lowest BCUT2D eigenvalue weighted by molar-refractivity contribution is -0.124. The van der Waals surface area contributed by atoms with Gasteiger partial charge < -0.3 is 4.90 Å². The molecule has 0 atom stereocenters. The van der Waals surface area contributed by atoms with Gasteiger partial charge in [0.05, 0.1) is 11.3 Å². The van der Waals surface area contributed by atoms with Crippen LogP contribution in [0.1, 0.15) is 15.9 Å². The van der Waals surface area contributed by atoms with E-state index in [1.54, 1.807) is 37.4 Å². The minimum absolute atomic E-state index is 0.140. The van der Waals surface area contributed by atoms with E-state index in [1.165, 1.54) is 11.0 Å². The Labute approximate surface area is 139 Å². The van der Waals surface area contributed by atoms with E-state index in [4.69, 9.17) is 0 Å². The molecule has 5 heteroatoms. The molecule has 1 aliphatic rings. The van der Waals surface area contributed by atoms with Crippen molar-refractivity contribution in [1.82, 2.24) is 4.90 Å². The number of rotatable bonds is 2. The summed E-state index contributed by atoms with van der Waals surface area (Å²) < 4.78 is 0. The van der Waals surface area contributed by atoms with Crippen LogP contribution in [0.25, 0.3) is 6.08 Å². The molecule has 2 aromatic rings.